The molecule has 0 unspecified atom stereocenters. The van der Waals surface area contributed by atoms with E-state index in [1.165, 1.54) is 18.2 Å². The van der Waals surface area contributed by atoms with Gasteiger partial charge in [-0.3, -0.25) is 9.11 Å². The van der Waals surface area contributed by atoms with E-state index in [4.69, 9.17) is 0 Å². The highest BCUT2D eigenvalue weighted by molar-refractivity contribution is 7.86. The molecule has 142 valence electrons. The lowest BCUT2D eigenvalue weighted by Gasteiger charge is -2.11. The van der Waals surface area contributed by atoms with E-state index in [-0.39, 0.29) is 9.79 Å². The van der Waals surface area contributed by atoms with E-state index in [2.05, 4.69) is 0 Å². The van der Waals surface area contributed by atoms with Crippen molar-refractivity contribution < 1.29 is 25.9 Å². The Bertz CT molecular complexity index is 1460. The van der Waals surface area contributed by atoms with Crippen LogP contribution in [0.3, 0.4) is 0 Å². The van der Waals surface area contributed by atoms with E-state index in [1.54, 1.807) is 54.6 Å². The fraction of sp³-hybridized carbons (Fsp3) is 0. The Morgan fingerprint density at radius 2 is 1.29 bits per heavy atom. The van der Waals surface area contributed by atoms with Crippen LogP contribution >= 0.6 is 0 Å². The van der Waals surface area contributed by atoms with Crippen LogP contribution in [0.15, 0.2) is 82.6 Å². The fourth-order valence-corrected chi connectivity index (χ4v) is 4.57. The number of rotatable bonds is 3. The lowest BCUT2D eigenvalue weighted by Crippen LogP contribution is -2.00. The number of hydrogen-bond donors (Lipinski definition) is 2. The van der Waals surface area contributed by atoms with Crippen LogP contribution in [0.1, 0.15) is 0 Å². The zero-order chi connectivity index (χ0) is 20.1. The first-order chi connectivity index (χ1) is 13.1. The van der Waals surface area contributed by atoms with Gasteiger partial charge in [0.15, 0.2) is 0 Å². The van der Waals surface area contributed by atoms with Gasteiger partial charge in [-0.1, -0.05) is 48.5 Å². The average molecular weight is 414 g/mol. The molecule has 4 aromatic carbocycles. The minimum Gasteiger partial charge on any atom is -0.282 e. The summed E-state index contributed by atoms with van der Waals surface area (Å²) in [5.74, 6) is 0. The summed E-state index contributed by atoms with van der Waals surface area (Å²) in [7, 11) is -8.79. The second-order valence-electron chi connectivity index (χ2n) is 6.33. The van der Waals surface area contributed by atoms with Crippen molar-refractivity contribution in [2.24, 2.45) is 0 Å². The van der Waals surface area contributed by atoms with Gasteiger partial charge in [-0.05, 0) is 51.6 Å². The Morgan fingerprint density at radius 3 is 2.00 bits per heavy atom. The molecule has 2 N–H and O–H groups in total. The summed E-state index contributed by atoms with van der Waals surface area (Å²) < 4.78 is 65.5. The van der Waals surface area contributed by atoms with Gasteiger partial charge in [0.25, 0.3) is 20.2 Å². The van der Waals surface area contributed by atoms with Crippen LogP contribution in [0.2, 0.25) is 0 Å². The Balaban J connectivity index is 2.04. The SMILES string of the molecule is O=S(=O)(O)c1ccc2c(-c3cc(S(=O)(=O)O)c4ccccc4c3)cccc2c1. The zero-order valence-electron chi connectivity index (χ0n) is 14.3. The lowest BCUT2D eigenvalue weighted by atomic mass is 9.96. The van der Waals surface area contributed by atoms with Gasteiger partial charge in [0.05, 0.1) is 4.90 Å². The topological polar surface area (TPSA) is 109 Å². The summed E-state index contributed by atoms with van der Waals surface area (Å²) in [6.07, 6.45) is 0. The highest BCUT2D eigenvalue weighted by Gasteiger charge is 2.17. The highest BCUT2D eigenvalue weighted by atomic mass is 32.2. The first kappa shape index (κ1) is 18.6. The molecule has 0 atom stereocenters. The number of fused-ring (bicyclic) bond motifs is 2. The Hall–Kier alpha value is -2.78. The van der Waals surface area contributed by atoms with Gasteiger partial charge in [0.2, 0.25) is 0 Å². The van der Waals surface area contributed by atoms with Crippen LogP contribution in [0.25, 0.3) is 32.7 Å². The van der Waals surface area contributed by atoms with Crippen LogP contribution in [-0.2, 0) is 20.2 Å². The zero-order valence-corrected chi connectivity index (χ0v) is 15.9. The van der Waals surface area contributed by atoms with E-state index in [0.717, 1.165) is 0 Å². The van der Waals surface area contributed by atoms with Crippen molar-refractivity contribution in [3.8, 4) is 11.1 Å². The van der Waals surface area contributed by atoms with Gasteiger partial charge in [-0.25, -0.2) is 0 Å². The van der Waals surface area contributed by atoms with E-state index in [0.29, 0.717) is 32.7 Å². The summed E-state index contributed by atoms with van der Waals surface area (Å²) in [5, 5.41) is 2.28. The molecular weight excluding hydrogens is 400 g/mol. The maximum absolute atomic E-state index is 11.9. The van der Waals surface area contributed by atoms with E-state index in [1.807, 2.05) is 0 Å². The fourth-order valence-electron chi connectivity index (χ4n) is 3.32. The summed E-state index contributed by atoms with van der Waals surface area (Å²) in [6, 6.07) is 19.4. The summed E-state index contributed by atoms with van der Waals surface area (Å²) in [4.78, 5) is -0.429. The average Bonchev–Trinajstić information content (AvgIpc) is 2.64. The standard InChI is InChI=1S/C20H14O6S2/c21-27(22,23)16-8-9-18-14(11-16)5-3-7-17(18)15-10-13-4-1-2-6-19(13)20(12-15)28(24,25)26/h1-12H,(H,21,22,23)(H,24,25,26). The molecule has 0 heterocycles. The largest absolute Gasteiger partial charge is 0.295 e. The molecule has 0 spiro atoms. The molecule has 0 saturated heterocycles. The maximum atomic E-state index is 11.9. The molecule has 8 heteroatoms. The van der Waals surface area contributed by atoms with Gasteiger partial charge in [-0.2, -0.15) is 16.8 Å². The highest BCUT2D eigenvalue weighted by Crippen LogP contribution is 2.34. The van der Waals surface area contributed by atoms with Crippen molar-refractivity contribution >= 4 is 41.8 Å². The Labute approximate surface area is 161 Å². The molecule has 0 aliphatic rings. The molecule has 0 aliphatic heterocycles. The molecule has 28 heavy (non-hydrogen) atoms. The Kier molecular flexibility index (Phi) is 4.24. The van der Waals surface area contributed by atoms with E-state index >= 15 is 0 Å². The maximum Gasteiger partial charge on any atom is 0.295 e. The van der Waals surface area contributed by atoms with Crippen LogP contribution in [0.4, 0.5) is 0 Å². The molecule has 0 aromatic heterocycles. The van der Waals surface area contributed by atoms with Crippen LogP contribution in [0, 0.1) is 0 Å². The first-order valence-corrected chi connectivity index (χ1v) is 11.0. The quantitative estimate of drug-likeness (QED) is 0.488. The van der Waals surface area contributed by atoms with E-state index in [9.17, 15) is 25.9 Å². The first-order valence-electron chi connectivity index (χ1n) is 8.15. The van der Waals surface area contributed by atoms with Gasteiger partial charge in [-0.15, -0.1) is 0 Å². The smallest absolute Gasteiger partial charge is 0.282 e. The van der Waals surface area contributed by atoms with Crippen molar-refractivity contribution in [1.82, 2.24) is 0 Å². The van der Waals surface area contributed by atoms with Gasteiger partial charge in [0, 0.05) is 5.39 Å². The van der Waals surface area contributed by atoms with Crippen molar-refractivity contribution in [2.75, 3.05) is 0 Å². The number of benzene rings is 4. The molecule has 0 saturated carbocycles. The monoisotopic (exact) mass is 414 g/mol. The van der Waals surface area contributed by atoms with Crippen molar-refractivity contribution in [3.05, 3.63) is 72.8 Å². The molecule has 0 aliphatic carbocycles. The predicted octanol–water partition coefficient (Wildman–Crippen LogP) is 4.15. The minimum absolute atomic E-state index is 0.202. The predicted molar refractivity (Wildman–Crippen MR) is 107 cm³/mol. The van der Waals surface area contributed by atoms with Gasteiger partial charge in [0.1, 0.15) is 4.90 Å². The van der Waals surface area contributed by atoms with Crippen LogP contribution < -0.4 is 0 Å². The third-order valence-electron chi connectivity index (χ3n) is 4.56. The second-order valence-corrected chi connectivity index (χ2v) is 9.15. The third kappa shape index (κ3) is 3.27. The number of hydrogen-bond acceptors (Lipinski definition) is 4. The summed E-state index contributed by atoms with van der Waals surface area (Å²) in [5.41, 5.74) is 1.21. The molecule has 4 aromatic rings. The molecule has 0 amide bonds. The molecule has 0 fully saturated rings. The van der Waals surface area contributed by atoms with Crippen molar-refractivity contribution in [1.29, 1.82) is 0 Å². The second kappa shape index (κ2) is 6.39. The van der Waals surface area contributed by atoms with Gasteiger partial charge < -0.3 is 0 Å². The molecule has 0 bridgehead atoms. The third-order valence-corrected chi connectivity index (χ3v) is 6.31. The normalized spacial score (nSPS) is 12.5. The van der Waals surface area contributed by atoms with Crippen LogP contribution in [0.5, 0.6) is 0 Å². The van der Waals surface area contributed by atoms with E-state index < -0.39 is 20.2 Å². The molecular formula is C20H14O6S2. The van der Waals surface area contributed by atoms with Crippen molar-refractivity contribution in [3.63, 3.8) is 0 Å². The van der Waals surface area contributed by atoms with Crippen molar-refractivity contribution in [2.45, 2.75) is 9.79 Å². The van der Waals surface area contributed by atoms with Crippen LogP contribution in [-0.4, -0.2) is 25.9 Å². The lowest BCUT2D eigenvalue weighted by molar-refractivity contribution is 0.481. The minimum atomic E-state index is -4.45. The van der Waals surface area contributed by atoms with Gasteiger partial charge >= 0.3 is 0 Å². The summed E-state index contributed by atoms with van der Waals surface area (Å²) >= 11 is 0. The summed E-state index contributed by atoms with van der Waals surface area (Å²) in [6.45, 7) is 0. The molecule has 0 radical (unpaired) electrons. The molecule has 6 nitrogen and oxygen atoms in total. The molecule has 4 rings (SSSR count). The Morgan fingerprint density at radius 1 is 0.607 bits per heavy atom.